The second kappa shape index (κ2) is 5.77. The monoisotopic (exact) mass is 333 g/mol. The number of aromatic nitrogens is 3. The Balaban J connectivity index is 2.00. The molecule has 0 N–H and O–H groups in total. The molecule has 0 bridgehead atoms. The van der Waals surface area contributed by atoms with E-state index in [2.05, 4.69) is 40.9 Å². The van der Waals surface area contributed by atoms with Crippen molar-refractivity contribution in [3.8, 4) is 5.69 Å². The first-order valence-electron chi connectivity index (χ1n) is 8.30. The Kier molecular flexibility index (Phi) is 3.57. The fourth-order valence-corrected chi connectivity index (χ4v) is 3.19. The van der Waals surface area contributed by atoms with Crippen LogP contribution >= 0.6 is 0 Å². The second-order valence-electron chi connectivity index (χ2n) is 6.16. The predicted molar refractivity (Wildman–Crippen MR) is 98.2 cm³/mol. The number of esters is 1. The summed E-state index contributed by atoms with van der Waals surface area (Å²) in [7, 11) is 1.90. The van der Waals surface area contributed by atoms with Crippen LogP contribution in [0, 0.1) is 6.92 Å². The highest BCUT2D eigenvalue weighted by atomic mass is 16.5. The first kappa shape index (κ1) is 15.4. The van der Waals surface area contributed by atoms with Gasteiger partial charge in [-0.15, -0.1) is 0 Å². The van der Waals surface area contributed by atoms with Crippen molar-refractivity contribution in [2.45, 2.75) is 13.8 Å². The molecule has 0 unspecified atom stereocenters. The third kappa shape index (κ3) is 2.48. The number of hydrogen-bond acceptors (Lipinski definition) is 3. The zero-order chi connectivity index (χ0) is 17.6. The number of carbonyl (C=O) groups is 1. The summed E-state index contributed by atoms with van der Waals surface area (Å²) in [6, 6.07) is 14.0. The van der Waals surface area contributed by atoms with E-state index >= 15 is 0 Å². The molecule has 2 aromatic heterocycles. The second-order valence-corrected chi connectivity index (χ2v) is 6.16. The van der Waals surface area contributed by atoms with Crippen molar-refractivity contribution >= 4 is 27.9 Å². The summed E-state index contributed by atoms with van der Waals surface area (Å²) in [5.74, 6) is -0.301. The molecule has 0 aliphatic rings. The van der Waals surface area contributed by atoms with Gasteiger partial charge in [0, 0.05) is 29.7 Å². The van der Waals surface area contributed by atoms with Crippen LogP contribution in [0.5, 0.6) is 0 Å². The Labute approximate surface area is 145 Å². The zero-order valence-electron chi connectivity index (χ0n) is 14.5. The van der Waals surface area contributed by atoms with E-state index < -0.39 is 0 Å². The topological polar surface area (TPSA) is 49.1 Å². The first-order chi connectivity index (χ1) is 12.1. The highest BCUT2D eigenvalue weighted by molar-refractivity contribution is 6.10. The quantitative estimate of drug-likeness (QED) is 0.532. The number of nitrogens with zero attached hydrogens (tertiary/aromatic N) is 3. The predicted octanol–water partition coefficient (Wildman–Crippen LogP) is 4.00. The molecular weight excluding hydrogens is 314 g/mol. The van der Waals surface area contributed by atoms with Crippen LogP contribution in [-0.4, -0.2) is 26.9 Å². The Bertz CT molecular complexity index is 1090. The average Bonchev–Trinajstić information content (AvgIpc) is 3.10. The van der Waals surface area contributed by atoms with E-state index in [1.807, 2.05) is 38.4 Å². The molecule has 0 radical (unpaired) electrons. The fraction of sp³-hybridized carbons (Fsp3) is 0.200. The van der Waals surface area contributed by atoms with Crippen molar-refractivity contribution < 1.29 is 9.53 Å². The van der Waals surface area contributed by atoms with Gasteiger partial charge < -0.3 is 4.74 Å². The Morgan fingerprint density at radius 1 is 1.12 bits per heavy atom. The van der Waals surface area contributed by atoms with Gasteiger partial charge in [0.05, 0.1) is 17.7 Å². The van der Waals surface area contributed by atoms with Crippen LogP contribution in [0.25, 0.3) is 27.6 Å². The number of carbonyl (C=O) groups excluding carboxylic acids is 1. The molecule has 0 amide bonds. The molecule has 0 spiro atoms. The van der Waals surface area contributed by atoms with Gasteiger partial charge in [-0.3, -0.25) is 9.25 Å². The molecule has 0 aliphatic heterocycles. The van der Waals surface area contributed by atoms with Crippen LogP contribution in [0.2, 0.25) is 0 Å². The largest absolute Gasteiger partial charge is 0.462 e. The molecule has 0 saturated heterocycles. The number of ether oxygens (including phenoxy) is 1. The summed E-state index contributed by atoms with van der Waals surface area (Å²) >= 11 is 0. The summed E-state index contributed by atoms with van der Waals surface area (Å²) < 4.78 is 9.05. The normalized spacial score (nSPS) is 11.3. The molecule has 0 saturated carbocycles. The van der Waals surface area contributed by atoms with Gasteiger partial charge in [0.2, 0.25) is 0 Å². The summed E-state index contributed by atoms with van der Waals surface area (Å²) in [6.07, 6.45) is 1.98. The van der Waals surface area contributed by atoms with E-state index in [0.717, 1.165) is 27.6 Å². The Morgan fingerprint density at radius 2 is 1.88 bits per heavy atom. The molecule has 5 nitrogen and oxygen atoms in total. The number of fused-ring (bicyclic) bond motifs is 3. The lowest BCUT2D eigenvalue weighted by Gasteiger charge is -2.08. The van der Waals surface area contributed by atoms with E-state index in [1.165, 1.54) is 5.56 Å². The van der Waals surface area contributed by atoms with E-state index in [9.17, 15) is 4.79 Å². The van der Waals surface area contributed by atoms with Gasteiger partial charge in [0.1, 0.15) is 0 Å². The zero-order valence-corrected chi connectivity index (χ0v) is 14.5. The van der Waals surface area contributed by atoms with Gasteiger partial charge in [-0.05, 0) is 44.2 Å². The van der Waals surface area contributed by atoms with Crippen LogP contribution in [0.3, 0.4) is 0 Å². The molecule has 0 aliphatic carbocycles. The summed E-state index contributed by atoms with van der Waals surface area (Å²) in [5, 5.41) is 6.64. The lowest BCUT2D eigenvalue weighted by Crippen LogP contribution is -2.04. The van der Waals surface area contributed by atoms with Crippen LogP contribution in [0.4, 0.5) is 0 Å². The van der Waals surface area contributed by atoms with Gasteiger partial charge >= 0.3 is 5.97 Å². The molecular formula is C20H19N3O2. The standard InChI is InChI=1S/C20H19N3O2/c1-4-25-20(24)14-7-10-18-16(11-14)17-12-22(3)21-19(17)23(18)15-8-5-13(2)6-9-15/h5-12H,4H2,1-3H3. The van der Waals surface area contributed by atoms with Crippen LogP contribution in [0.1, 0.15) is 22.8 Å². The third-order valence-corrected chi connectivity index (χ3v) is 4.35. The van der Waals surface area contributed by atoms with Crippen LogP contribution in [-0.2, 0) is 11.8 Å². The van der Waals surface area contributed by atoms with E-state index in [0.29, 0.717) is 12.2 Å². The average molecular weight is 333 g/mol. The van der Waals surface area contributed by atoms with Gasteiger partial charge in [-0.25, -0.2) is 4.79 Å². The van der Waals surface area contributed by atoms with Gasteiger partial charge in [-0.1, -0.05) is 17.7 Å². The maximum Gasteiger partial charge on any atom is 0.338 e. The van der Waals surface area contributed by atoms with E-state index in [4.69, 9.17) is 4.74 Å². The molecule has 5 heteroatoms. The smallest absolute Gasteiger partial charge is 0.338 e. The molecule has 0 atom stereocenters. The summed E-state index contributed by atoms with van der Waals surface area (Å²) in [6.45, 7) is 4.24. The SMILES string of the molecule is CCOC(=O)c1ccc2c(c1)c1cn(C)nc1n2-c1ccc(C)cc1. The number of benzene rings is 2. The minimum absolute atomic E-state index is 0.301. The molecule has 2 aromatic carbocycles. The molecule has 2 heterocycles. The molecule has 126 valence electrons. The lowest BCUT2D eigenvalue weighted by atomic mass is 10.1. The van der Waals surface area contributed by atoms with E-state index in [1.54, 1.807) is 4.68 Å². The lowest BCUT2D eigenvalue weighted by molar-refractivity contribution is 0.0526. The maximum absolute atomic E-state index is 12.1. The van der Waals surface area contributed by atoms with E-state index in [-0.39, 0.29) is 5.97 Å². The van der Waals surface area contributed by atoms with Crippen molar-refractivity contribution in [1.82, 2.24) is 14.3 Å². The third-order valence-electron chi connectivity index (χ3n) is 4.35. The maximum atomic E-state index is 12.1. The van der Waals surface area contributed by atoms with Crippen molar-refractivity contribution in [2.75, 3.05) is 6.61 Å². The van der Waals surface area contributed by atoms with Crippen molar-refractivity contribution in [3.05, 3.63) is 59.8 Å². The number of rotatable bonds is 3. The van der Waals surface area contributed by atoms with Crippen LogP contribution < -0.4 is 0 Å². The minimum atomic E-state index is -0.301. The fourth-order valence-electron chi connectivity index (χ4n) is 3.19. The van der Waals surface area contributed by atoms with Gasteiger partial charge in [0.15, 0.2) is 5.65 Å². The summed E-state index contributed by atoms with van der Waals surface area (Å²) in [5.41, 5.74) is 4.72. The summed E-state index contributed by atoms with van der Waals surface area (Å²) in [4.78, 5) is 12.1. The molecule has 4 rings (SSSR count). The highest BCUT2D eigenvalue weighted by Gasteiger charge is 2.17. The number of hydrogen-bond donors (Lipinski definition) is 0. The Hall–Kier alpha value is -3.08. The number of aryl methyl sites for hydroxylation is 2. The van der Waals surface area contributed by atoms with Gasteiger partial charge in [0.25, 0.3) is 0 Å². The molecule has 4 aromatic rings. The first-order valence-corrected chi connectivity index (χ1v) is 8.30. The van der Waals surface area contributed by atoms with Crippen molar-refractivity contribution in [1.29, 1.82) is 0 Å². The highest BCUT2D eigenvalue weighted by Crippen LogP contribution is 2.32. The Morgan fingerprint density at radius 3 is 2.60 bits per heavy atom. The van der Waals surface area contributed by atoms with Gasteiger partial charge in [-0.2, -0.15) is 5.10 Å². The molecule has 0 fully saturated rings. The molecule has 25 heavy (non-hydrogen) atoms. The van der Waals surface area contributed by atoms with Crippen LogP contribution in [0.15, 0.2) is 48.7 Å². The van der Waals surface area contributed by atoms with Crippen molar-refractivity contribution in [2.24, 2.45) is 7.05 Å². The van der Waals surface area contributed by atoms with Crippen molar-refractivity contribution in [3.63, 3.8) is 0 Å². The minimum Gasteiger partial charge on any atom is -0.462 e.